The van der Waals surface area contributed by atoms with Crippen LogP contribution in [0.3, 0.4) is 0 Å². The fourth-order valence-electron chi connectivity index (χ4n) is 4.75. The van der Waals surface area contributed by atoms with Gasteiger partial charge in [-0.2, -0.15) is 0 Å². The van der Waals surface area contributed by atoms with Crippen molar-refractivity contribution in [3.05, 3.63) is 39.5 Å². The van der Waals surface area contributed by atoms with E-state index >= 15 is 0 Å². The lowest BCUT2D eigenvalue weighted by Crippen LogP contribution is -2.58. The monoisotopic (exact) mass is 584 g/mol. The van der Waals surface area contributed by atoms with Crippen molar-refractivity contribution < 1.29 is 29.3 Å². The lowest BCUT2D eigenvalue weighted by atomic mass is 9.82. The van der Waals surface area contributed by atoms with E-state index in [4.69, 9.17) is 14.6 Å². The van der Waals surface area contributed by atoms with E-state index < -0.39 is 18.2 Å². The Balaban J connectivity index is 1.62. The number of benzene rings is 1. The quantitative estimate of drug-likeness (QED) is 0.384. The summed E-state index contributed by atoms with van der Waals surface area (Å²) in [6, 6.07) is 6.88. The second-order valence-corrected chi connectivity index (χ2v) is 10.4. The predicted molar refractivity (Wildman–Crippen MR) is 134 cm³/mol. The molecule has 0 bridgehead atoms. The molecular formula is C25H33IN2O6. The molecule has 4 atom stereocenters. The van der Waals surface area contributed by atoms with Crippen LogP contribution in [-0.2, 0) is 14.3 Å². The number of aliphatic hydroxyl groups excluding tert-OH is 2. The largest absolute Gasteiger partial charge is 0.482 e. The number of aliphatic hydroxyl groups is 2. The summed E-state index contributed by atoms with van der Waals surface area (Å²) < 4.78 is 12.9. The van der Waals surface area contributed by atoms with Crippen molar-refractivity contribution in [1.29, 1.82) is 0 Å². The van der Waals surface area contributed by atoms with Gasteiger partial charge in [0.05, 0.1) is 22.3 Å². The average Bonchev–Trinajstić information content (AvgIpc) is 3.31. The number of hydrogen-bond acceptors (Lipinski definition) is 6. The first kappa shape index (κ1) is 25.4. The maximum absolute atomic E-state index is 13.5. The molecule has 4 rings (SSSR count). The molecule has 186 valence electrons. The fraction of sp³-hybridized carbons (Fsp3) is 0.600. The van der Waals surface area contributed by atoms with Crippen LogP contribution < -0.4 is 10.1 Å². The van der Waals surface area contributed by atoms with Crippen molar-refractivity contribution in [3.63, 3.8) is 0 Å². The van der Waals surface area contributed by atoms with Crippen molar-refractivity contribution >= 4 is 34.4 Å². The van der Waals surface area contributed by atoms with Crippen LogP contribution in [0.25, 0.3) is 0 Å². The van der Waals surface area contributed by atoms with Crippen molar-refractivity contribution in [1.82, 2.24) is 10.2 Å². The number of para-hydroxylation sites is 1. The molecule has 3 N–H and O–H groups in total. The minimum absolute atomic E-state index is 0.0239. The summed E-state index contributed by atoms with van der Waals surface area (Å²) >= 11 is 2.17. The summed E-state index contributed by atoms with van der Waals surface area (Å²) in [6.07, 6.45) is 4.56. The van der Waals surface area contributed by atoms with Gasteiger partial charge in [-0.15, -0.1) is 0 Å². The standard InChI is InChI=1S/C25H33IN2O6/c26-19-8-1-2-9-21(19)34-22-14-17(24(31)27-10-11-29)13-20(23(22)30)28(15-18-7-4-12-33-18)25(32)16-5-3-6-16/h1-2,8-9,14,16,18,20,22-23,29-30H,3-7,10-13,15H2,(H,27,31)/t18-,20-,22+,23+/m1/s1. The molecule has 2 fully saturated rings. The summed E-state index contributed by atoms with van der Waals surface area (Å²) in [5.41, 5.74) is 0.443. The van der Waals surface area contributed by atoms with Crippen LogP contribution in [0.4, 0.5) is 0 Å². The third-order valence-electron chi connectivity index (χ3n) is 6.88. The van der Waals surface area contributed by atoms with Crippen LogP contribution >= 0.6 is 22.6 Å². The molecule has 8 nitrogen and oxygen atoms in total. The van der Waals surface area contributed by atoms with Gasteiger partial charge in [0.15, 0.2) is 0 Å². The van der Waals surface area contributed by atoms with Gasteiger partial charge < -0.3 is 29.9 Å². The Morgan fingerprint density at radius 3 is 2.65 bits per heavy atom. The lowest BCUT2D eigenvalue weighted by molar-refractivity contribution is -0.147. The maximum Gasteiger partial charge on any atom is 0.247 e. The molecular weight excluding hydrogens is 551 g/mol. The van der Waals surface area contributed by atoms with Gasteiger partial charge in [-0.3, -0.25) is 9.59 Å². The number of rotatable bonds is 9. The molecule has 0 aromatic heterocycles. The van der Waals surface area contributed by atoms with E-state index in [1.165, 1.54) is 0 Å². The van der Waals surface area contributed by atoms with Crippen LogP contribution in [0.1, 0.15) is 38.5 Å². The van der Waals surface area contributed by atoms with E-state index in [0.29, 0.717) is 24.5 Å². The van der Waals surface area contributed by atoms with Crippen LogP contribution in [-0.4, -0.2) is 77.6 Å². The molecule has 1 heterocycles. The number of carbonyl (C=O) groups is 2. The molecule has 2 amide bonds. The molecule has 1 aliphatic heterocycles. The number of carbonyl (C=O) groups excluding carboxylic acids is 2. The molecule has 2 aliphatic carbocycles. The topological polar surface area (TPSA) is 108 Å². The Labute approximate surface area is 213 Å². The molecule has 0 radical (unpaired) electrons. The number of halogens is 1. The summed E-state index contributed by atoms with van der Waals surface area (Å²) in [6.45, 7) is 1.04. The smallest absolute Gasteiger partial charge is 0.247 e. The van der Waals surface area contributed by atoms with E-state index in [9.17, 15) is 14.7 Å². The van der Waals surface area contributed by atoms with Gasteiger partial charge in [0.1, 0.15) is 18.0 Å². The molecule has 1 aromatic carbocycles. The summed E-state index contributed by atoms with van der Waals surface area (Å²) in [5, 5.41) is 23.3. The van der Waals surface area contributed by atoms with E-state index in [0.717, 1.165) is 35.7 Å². The first-order valence-corrected chi connectivity index (χ1v) is 13.2. The number of amides is 2. The van der Waals surface area contributed by atoms with Gasteiger partial charge in [-0.1, -0.05) is 18.6 Å². The number of ether oxygens (including phenoxy) is 2. The summed E-state index contributed by atoms with van der Waals surface area (Å²) in [7, 11) is 0. The Bertz CT molecular complexity index is 899. The molecule has 3 aliphatic rings. The number of nitrogens with zero attached hydrogens (tertiary/aromatic N) is 1. The summed E-state index contributed by atoms with van der Waals surface area (Å²) in [5.74, 6) is 0.266. The zero-order valence-corrected chi connectivity index (χ0v) is 21.4. The third-order valence-corrected chi connectivity index (χ3v) is 7.77. The highest BCUT2D eigenvalue weighted by molar-refractivity contribution is 14.1. The highest BCUT2D eigenvalue weighted by Gasteiger charge is 2.43. The number of hydrogen-bond donors (Lipinski definition) is 3. The Morgan fingerprint density at radius 2 is 2.00 bits per heavy atom. The third kappa shape index (κ3) is 5.92. The van der Waals surface area contributed by atoms with Crippen molar-refractivity contribution in [2.75, 3.05) is 26.3 Å². The number of nitrogens with one attached hydrogen (secondary N) is 1. The van der Waals surface area contributed by atoms with E-state index in [1.807, 2.05) is 24.3 Å². The molecule has 34 heavy (non-hydrogen) atoms. The predicted octanol–water partition coefficient (Wildman–Crippen LogP) is 2.01. The van der Waals surface area contributed by atoms with Gasteiger partial charge in [-0.05, 0) is 66.5 Å². The van der Waals surface area contributed by atoms with Gasteiger partial charge in [0.2, 0.25) is 11.8 Å². The molecule has 1 aromatic rings. The first-order chi connectivity index (χ1) is 16.5. The molecule has 0 spiro atoms. The van der Waals surface area contributed by atoms with Gasteiger partial charge in [-0.25, -0.2) is 0 Å². The second-order valence-electron chi connectivity index (χ2n) is 9.20. The van der Waals surface area contributed by atoms with Crippen LogP contribution in [0, 0.1) is 9.49 Å². The Morgan fingerprint density at radius 1 is 1.21 bits per heavy atom. The zero-order chi connectivity index (χ0) is 24.1. The van der Waals surface area contributed by atoms with Gasteiger partial charge >= 0.3 is 0 Å². The molecule has 9 heteroatoms. The SMILES string of the molecule is O=C(NCCO)C1=C[C@H](Oc2ccccc2I)[C@@H](O)[C@H](N(C[C@H]2CCCO2)C(=O)C2CCC2)C1. The van der Waals surface area contributed by atoms with E-state index in [-0.39, 0.29) is 43.4 Å². The Hall–Kier alpha value is -1.69. The maximum atomic E-state index is 13.5. The molecule has 1 saturated carbocycles. The summed E-state index contributed by atoms with van der Waals surface area (Å²) in [4.78, 5) is 28.1. The van der Waals surface area contributed by atoms with Gasteiger partial charge in [0.25, 0.3) is 0 Å². The lowest BCUT2D eigenvalue weighted by Gasteiger charge is -2.43. The highest BCUT2D eigenvalue weighted by atomic mass is 127. The highest BCUT2D eigenvalue weighted by Crippen LogP contribution is 2.34. The minimum atomic E-state index is -1.00. The molecule has 1 saturated heterocycles. The fourth-order valence-corrected chi connectivity index (χ4v) is 5.27. The molecule has 0 unspecified atom stereocenters. The normalized spacial score (nSPS) is 27.0. The van der Waals surface area contributed by atoms with Crippen LogP contribution in [0.15, 0.2) is 35.9 Å². The van der Waals surface area contributed by atoms with Gasteiger partial charge in [0, 0.05) is 37.6 Å². The van der Waals surface area contributed by atoms with Crippen molar-refractivity contribution in [3.8, 4) is 5.75 Å². The zero-order valence-electron chi connectivity index (χ0n) is 19.2. The first-order valence-electron chi connectivity index (χ1n) is 12.1. The average molecular weight is 584 g/mol. The Kier molecular flexibility index (Phi) is 8.84. The van der Waals surface area contributed by atoms with Crippen molar-refractivity contribution in [2.45, 2.75) is 62.9 Å². The van der Waals surface area contributed by atoms with Crippen LogP contribution in [0.2, 0.25) is 0 Å². The van der Waals surface area contributed by atoms with Crippen LogP contribution in [0.5, 0.6) is 5.75 Å². The second kappa shape index (κ2) is 11.8. The van der Waals surface area contributed by atoms with E-state index in [1.54, 1.807) is 11.0 Å². The van der Waals surface area contributed by atoms with Crippen molar-refractivity contribution in [2.24, 2.45) is 5.92 Å². The van der Waals surface area contributed by atoms with E-state index in [2.05, 4.69) is 27.9 Å². The minimum Gasteiger partial charge on any atom is -0.482 e.